The first-order chi connectivity index (χ1) is 23.3. The SMILES string of the molecule is CC(C)(C)C[C@H]1N[C@@H](C(=O)N[C@H]2CC[C@H](OC(=O)[C@@H](N)Cc3ccccc3)CC2)[C@H](c2cccc(Cl)c2F)[C@@]12C(=O)Nc1cc(Cl)ccc12. The molecular formula is C38H43Cl2FN4O4. The van der Waals surface area contributed by atoms with Crippen LogP contribution in [0.5, 0.6) is 0 Å². The van der Waals surface area contributed by atoms with Gasteiger partial charge in [0.15, 0.2) is 0 Å². The van der Waals surface area contributed by atoms with Crippen LogP contribution in [0.1, 0.15) is 75.5 Å². The van der Waals surface area contributed by atoms with Crippen LogP contribution in [0.15, 0.2) is 66.7 Å². The lowest BCUT2D eigenvalue weighted by Crippen LogP contribution is -2.50. The van der Waals surface area contributed by atoms with E-state index in [2.05, 4.69) is 36.7 Å². The number of ether oxygens (including phenoxy) is 1. The lowest BCUT2D eigenvalue weighted by molar-refractivity contribution is -0.152. The van der Waals surface area contributed by atoms with Crippen LogP contribution < -0.4 is 21.7 Å². The van der Waals surface area contributed by atoms with Gasteiger partial charge in [-0.05, 0) is 78.8 Å². The Labute approximate surface area is 296 Å². The first kappa shape index (κ1) is 35.3. The molecule has 1 aliphatic carbocycles. The fourth-order valence-electron chi connectivity index (χ4n) is 7.97. The molecule has 3 aliphatic rings. The Balaban J connectivity index is 1.23. The zero-order valence-corrected chi connectivity index (χ0v) is 29.4. The van der Waals surface area contributed by atoms with E-state index in [9.17, 15) is 14.4 Å². The van der Waals surface area contributed by atoms with Crippen molar-refractivity contribution in [1.29, 1.82) is 0 Å². The van der Waals surface area contributed by atoms with E-state index in [0.717, 1.165) is 5.56 Å². The molecule has 0 radical (unpaired) electrons. The Morgan fingerprint density at radius 1 is 1.04 bits per heavy atom. The number of esters is 1. The van der Waals surface area contributed by atoms with Crippen LogP contribution in [0.2, 0.25) is 10.0 Å². The summed E-state index contributed by atoms with van der Waals surface area (Å²) >= 11 is 12.7. The number of anilines is 1. The highest BCUT2D eigenvalue weighted by Gasteiger charge is 2.66. The standard InChI is InChI=1S/C38H43Cl2FN4O4/c1-37(2,3)20-30-38(26-17-12-22(39)19-29(26)44-36(38)48)31(25-10-7-11-27(40)32(25)41)33(45-30)34(46)43-23-13-15-24(16-14-23)49-35(47)28(42)18-21-8-5-4-6-9-21/h4-12,17,19,23-24,28,30-31,33,45H,13-16,18,20,42H2,1-3H3,(H,43,46)(H,44,48)/t23-,24-,28-,30+,31-,33+,38-/m0/s1. The van der Waals surface area contributed by atoms with E-state index in [1.165, 1.54) is 6.07 Å². The Morgan fingerprint density at radius 3 is 2.45 bits per heavy atom. The van der Waals surface area contributed by atoms with Gasteiger partial charge in [-0.15, -0.1) is 0 Å². The van der Waals surface area contributed by atoms with Gasteiger partial charge in [-0.2, -0.15) is 0 Å². The van der Waals surface area contributed by atoms with Gasteiger partial charge in [0.2, 0.25) is 11.8 Å². The lowest BCUT2D eigenvalue weighted by atomic mass is 9.62. The van der Waals surface area contributed by atoms with E-state index in [1.807, 2.05) is 30.3 Å². The monoisotopic (exact) mass is 708 g/mol. The molecule has 1 saturated heterocycles. The minimum absolute atomic E-state index is 0.0860. The maximum Gasteiger partial charge on any atom is 0.323 e. The number of amides is 2. The van der Waals surface area contributed by atoms with Crippen LogP contribution in [0.3, 0.4) is 0 Å². The van der Waals surface area contributed by atoms with E-state index in [0.29, 0.717) is 54.8 Å². The molecule has 2 aliphatic heterocycles. The van der Waals surface area contributed by atoms with Gasteiger partial charge in [0.05, 0.1) is 11.1 Å². The summed E-state index contributed by atoms with van der Waals surface area (Å²) < 4.78 is 21.8. The highest BCUT2D eigenvalue weighted by atomic mass is 35.5. The van der Waals surface area contributed by atoms with Crippen LogP contribution in [-0.2, 0) is 31.0 Å². The van der Waals surface area contributed by atoms with Gasteiger partial charge < -0.3 is 26.4 Å². The van der Waals surface area contributed by atoms with Crippen molar-refractivity contribution in [2.75, 3.05) is 5.32 Å². The molecule has 6 rings (SSSR count). The average Bonchev–Trinajstić information content (AvgIpc) is 3.52. The third kappa shape index (κ3) is 7.09. The number of hydrogen-bond donors (Lipinski definition) is 4. The van der Waals surface area contributed by atoms with Gasteiger partial charge in [0.25, 0.3) is 0 Å². The van der Waals surface area contributed by atoms with Crippen LogP contribution in [0.4, 0.5) is 10.1 Å². The molecule has 49 heavy (non-hydrogen) atoms. The predicted octanol–water partition coefficient (Wildman–Crippen LogP) is 6.42. The highest BCUT2D eigenvalue weighted by molar-refractivity contribution is 6.31. The molecular weight excluding hydrogens is 666 g/mol. The number of carbonyl (C=O) groups excluding carboxylic acids is 3. The number of hydrogen-bond acceptors (Lipinski definition) is 6. The predicted molar refractivity (Wildman–Crippen MR) is 189 cm³/mol. The van der Waals surface area contributed by atoms with Crippen molar-refractivity contribution in [2.24, 2.45) is 11.1 Å². The normalized spacial score (nSPS) is 27.0. The summed E-state index contributed by atoms with van der Waals surface area (Å²) in [6.07, 6.45) is 2.90. The minimum Gasteiger partial charge on any atom is -0.461 e. The lowest BCUT2D eigenvalue weighted by Gasteiger charge is -2.38. The molecule has 1 saturated carbocycles. The molecule has 1 spiro atoms. The largest absolute Gasteiger partial charge is 0.461 e. The van der Waals surface area contributed by atoms with E-state index < -0.39 is 41.2 Å². The van der Waals surface area contributed by atoms with Crippen molar-refractivity contribution in [1.82, 2.24) is 10.6 Å². The Bertz CT molecular complexity index is 1730. The second kappa shape index (κ2) is 14.0. The van der Waals surface area contributed by atoms with Crippen LogP contribution in [-0.4, -0.2) is 48.1 Å². The van der Waals surface area contributed by atoms with Gasteiger partial charge in [0.1, 0.15) is 23.4 Å². The van der Waals surface area contributed by atoms with Crippen molar-refractivity contribution in [3.63, 3.8) is 0 Å². The van der Waals surface area contributed by atoms with Crippen LogP contribution in [0, 0.1) is 11.2 Å². The maximum atomic E-state index is 16.0. The molecule has 11 heteroatoms. The zero-order valence-electron chi connectivity index (χ0n) is 27.9. The molecule has 0 aromatic heterocycles. The molecule has 2 heterocycles. The zero-order chi connectivity index (χ0) is 35.1. The number of fused-ring (bicyclic) bond motifs is 2. The first-order valence-corrected chi connectivity index (χ1v) is 17.7. The van der Waals surface area contributed by atoms with E-state index in [4.69, 9.17) is 33.7 Å². The van der Waals surface area contributed by atoms with Gasteiger partial charge in [-0.1, -0.05) is 92.5 Å². The quantitative estimate of drug-likeness (QED) is 0.200. The molecule has 260 valence electrons. The Kier molecular flexibility index (Phi) is 10.1. The molecule has 8 nitrogen and oxygen atoms in total. The van der Waals surface area contributed by atoms with Crippen molar-refractivity contribution in [3.05, 3.63) is 99.3 Å². The summed E-state index contributed by atoms with van der Waals surface area (Å²) in [7, 11) is 0. The third-order valence-corrected chi connectivity index (χ3v) is 10.7. The second-order valence-electron chi connectivity index (χ2n) is 14.8. The third-order valence-electron chi connectivity index (χ3n) is 10.1. The Hall–Kier alpha value is -3.50. The average molecular weight is 710 g/mol. The Morgan fingerprint density at radius 2 is 1.76 bits per heavy atom. The van der Waals surface area contributed by atoms with Crippen molar-refractivity contribution >= 4 is 46.7 Å². The summed E-state index contributed by atoms with van der Waals surface area (Å²) in [5, 5.41) is 10.1. The van der Waals surface area contributed by atoms with E-state index in [-0.39, 0.29) is 40.0 Å². The summed E-state index contributed by atoms with van der Waals surface area (Å²) in [5.41, 5.74) is 6.93. The molecule has 5 N–H and O–H groups in total. The second-order valence-corrected chi connectivity index (χ2v) is 15.7. The van der Waals surface area contributed by atoms with Crippen LogP contribution >= 0.6 is 23.2 Å². The van der Waals surface area contributed by atoms with E-state index in [1.54, 1.807) is 30.3 Å². The topological polar surface area (TPSA) is 123 Å². The fourth-order valence-corrected chi connectivity index (χ4v) is 8.33. The molecule has 0 bridgehead atoms. The van der Waals surface area contributed by atoms with Crippen molar-refractivity contribution < 1.29 is 23.5 Å². The van der Waals surface area contributed by atoms with Gasteiger partial charge in [-0.3, -0.25) is 14.4 Å². The summed E-state index contributed by atoms with van der Waals surface area (Å²) in [4.78, 5) is 41.5. The molecule has 3 aromatic rings. The molecule has 3 aromatic carbocycles. The highest BCUT2D eigenvalue weighted by Crippen LogP contribution is 2.57. The van der Waals surface area contributed by atoms with Gasteiger partial charge in [0, 0.05) is 28.7 Å². The molecule has 2 amide bonds. The number of benzene rings is 3. The van der Waals surface area contributed by atoms with Crippen LogP contribution in [0.25, 0.3) is 0 Å². The summed E-state index contributed by atoms with van der Waals surface area (Å²) in [6.45, 7) is 6.21. The number of nitrogens with one attached hydrogen (secondary N) is 3. The minimum atomic E-state index is -1.33. The number of halogens is 3. The summed E-state index contributed by atoms with van der Waals surface area (Å²) in [5.74, 6) is -2.68. The number of rotatable bonds is 8. The first-order valence-electron chi connectivity index (χ1n) is 16.9. The smallest absolute Gasteiger partial charge is 0.323 e. The fraction of sp³-hybridized carbons (Fsp3) is 0.447. The maximum absolute atomic E-state index is 16.0. The van der Waals surface area contributed by atoms with Crippen molar-refractivity contribution in [2.45, 2.75) is 101 Å². The van der Waals surface area contributed by atoms with Crippen molar-refractivity contribution in [3.8, 4) is 0 Å². The molecule has 5 atom stereocenters. The number of carbonyl (C=O) groups is 3. The number of nitrogens with two attached hydrogens (primary N) is 1. The summed E-state index contributed by atoms with van der Waals surface area (Å²) in [6, 6.07) is 17.0. The molecule has 2 fully saturated rings. The van der Waals surface area contributed by atoms with Gasteiger partial charge >= 0.3 is 5.97 Å². The molecule has 0 unspecified atom stereocenters. The van der Waals surface area contributed by atoms with E-state index >= 15 is 4.39 Å². The van der Waals surface area contributed by atoms with Gasteiger partial charge in [-0.25, -0.2) is 4.39 Å².